The molecule has 14 heavy (non-hydrogen) atoms. The molecule has 0 spiro atoms. The first-order valence-electron chi connectivity index (χ1n) is 4.92. The monoisotopic (exact) mass is 203 g/mol. The quantitative estimate of drug-likeness (QED) is 0.225. The van der Waals surface area contributed by atoms with Crippen LogP contribution in [0.5, 0.6) is 0 Å². The molecule has 0 aromatic carbocycles. The Balaban J connectivity index is 3.40. The number of aliphatic hydroxyl groups excluding tert-OH is 1. The number of nitrogens with two attached hydrogens (primary N) is 1. The maximum absolute atomic E-state index is 10.8. The molecular weight excluding hydrogens is 182 g/mol. The molecule has 0 aliphatic heterocycles. The maximum Gasteiger partial charge on any atom is 0.233 e. The van der Waals surface area contributed by atoms with Gasteiger partial charge in [0.25, 0.3) is 0 Å². The van der Waals surface area contributed by atoms with Crippen LogP contribution in [-0.4, -0.2) is 42.2 Å². The van der Waals surface area contributed by atoms with Crippen molar-refractivity contribution >= 4 is 5.91 Å². The summed E-state index contributed by atoms with van der Waals surface area (Å²) >= 11 is 0. The van der Waals surface area contributed by atoms with Gasteiger partial charge in [0, 0.05) is 12.5 Å². The molecule has 0 aromatic rings. The number of nitrogens with zero attached hydrogens (tertiary/aromatic N) is 1. The van der Waals surface area contributed by atoms with Crippen LogP contribution in [0.15, 0.2) is 0 Å². The molecule has 1 amide bonds. The van der Waals surface area contributed by atoms with Crippen molar-refractivity contribution in [3.05, 3.63) is 0 Å². The van der Waals surface area contributed by atoms with E-state index >= 15 is 0 Å². The van der Waals surface area contributed by atoms with Crippen LogP contribution in [0.25, 0.3) is 0 Å². The molecule has 1 unspecified atom stereocenters. The Morgan fingerprint density at radius 1 is 1.57 bits per heavy atom. The first-order chi connectivity index (χ1) is 6.61. The largest absolute Gasteiger partial charge is 0.395 e. The molecule has 84 valence electrons. The van der Waals surface area contributed by atoms with E-state index in [1.54, 1.807) is 0 Å². The average Bonchev–Trinajstić information content (AvgIpc) is 2.22. The number of unbranched alkanes of at least 4 members (excludes halogenated alkanes) is 1. The van der Waals surface area contributed by atoms with Crippen LogP contribution < -0.4 is 11.3 Å². The minimum absolute atomic E-state index is 0.122. The Bertz CT molecular complexity index is 164. The Hall–Kier alpha value is -0.650. The van der Waals surface area contributed by atoms with Crippen LogP contribution >= 0.6 is 0 Å². The van der Waals surface area contributed by atoms with Gasteiger partial charge in [0.15, 0.2) is 0 Å². The van der Waals surface area contributed by atoms with Gasteiger partial charge in [-0.25, -0.2) is 5.84 Å². The highest BCUT2D eigenvalue weighted by Crippen LogP contribution is 2.00. The normalized spacial score (nSPS) is 12.9. The summed E-state index contributed by atoms with van der Waals surface area (Å²) in [6.07, 6.45) is 2.23. The van der Waals surface area contributed by atoms with E-state index in [0.717, 1.165) is 19.4 Å². The number of hydrazine groups is 1. The lowest BCUT2D eigenvalue weighted by molar-refractivity contribution is -0.121. The number of carbonyl (C=O) groups excluding carboxylic acids is 1. The second-order valence-corrected chi connectivity index (χ2v) is 3.54. The fourth-order valence-electron chi connectivity index (χ4n) is 1.08. The highest BCUT2D eigenvalue weighted by atomic mass is 16.3. The highest BCUT2D eigenvalue weighted by Gasteiger charge is 2.06. The molecule has 0 aromatic heterocycles. The molecule has 0 saturated carbocycles. The van der Waals surface area contributed by atoms with Gasteiger partial charge in [0.2, 0.25) is 5.91 Å². The van der Waals surface area contributed by atoms with Gasteiger partial charge in [-0.2, -0.15) is 0 Å². The van der Waals surface area contributed by atoms with Gasteiger partial charge < -0.3 is 10.0 Å². The Morgan fingerprint density at radius 3 is 2.71 bits per heavy atom. The van der Waals surface area contributed by atoms with Gasteiger partial charge in [-0.05, 0) is 33.4 Å². The molecule has 0 aliphatic carbocycles. The fourth-order valence-corrected chi connectivity index (χ4v) is 1.08. The minimum atomic E-state index is -0.122. The minimum Gasteiger partial charge on any atom is -0.395 e. The van der Waals surface area contributed by atoms with Crippen molar-refractivity contribution in [3.63, 3.8) is 0 Å². The van der Waals surface area contributed by atoms with Crippen molar-refractivity contribution in [2.24, 2.45) is 5.84 Å². The number of hydrogen-bond donors (Lipinski definition) is 3. The SMILES string of the molecule is CC(CO)N(C)CCCCC(=O)NN. The highest BCUT2D eigenvalue weighted by molar-refractivity contribution is 5.74. The number of nitrogens with one attached hydrogen (secondary N) is 1. The average molecular weight is 203 g/mol. The number of likely N-dealkylation sites (N-methyl/N-ethyl adjacent to an activating group) is 1. The standard InChI is InChI=1S/C9H21N3O2/c1-8(7-13)12(2)6-4-3-5-9(14)11-10/h8,13H,3-7,10H2,1-2H3,(H,11,14). The third-order valence-electron chi connectivity index (χ3n) is 2.34. The van der Waals surface area contributed by atoms with Crippen LogP contribution in [0.3, 0.4) is 0 Å². The molecule has 0 rings (SSSR count). The van der Waals surface area contributed by atoms with Crippen LogP contribution in [-0.2, 0) is 4.79 Å². The van der Waals surface area contributed by atoms with Crippen LogP contribution in [0, 0.1) is 0 Å². The van der Waals surface area contributed by atoms with Gasteiger partial charge in [-0.15, -0.1) is 0 Å². The Labute approximate surface area is 85.2 Å². The summed E-state index contributed by atoms with van der Waals surface area (Å²) in [5.41, 5.74) is 2.09. The van der Waals surface area contributed by atoms with Crippen molar-refractivity contribution in [1.29, 1.82) is 0 Å². The number of hydrogen-bond acceptors (Lipinski definition) is 4. The number of amides is 1. The van der Waals surface area contributed by atoms with E-state index in [2.05, 4.69) is 10.3 Å². The van der Waals surface area contributed by atoms with E-state index in [0.29, 0.717) is 6.42 Å². The molecule has 0 heterocycles. The Morgan fingerprint density at radius 2 is 2.21 bits per heavy atom. The summed E-state index contributed by atoms with van der Waals surface area (Å²) in [6.45, 7) is 3.02. The van der Waals surface area contributed by atoms with Crippen LogP contribution in [0.4, 0.5) is 0 Å². The van der Waals surface area contributed by atoms with E-state index < -0.39 is 0 Å². The number of aliphatic hydroxyl groups is 1. The molecule has 4 N–H and O–H groups in total. The maximum atomic E-state index is 10.8. The summed E-state index contributed by atoms with van der Waals surface area (Å²) in [4.78, 5) is 12.8. The second-order valence-electron chi connectivity index (χ2n) is 3.54. The van der Waals surface area contributed by atoms with Gasteiger partial charge in [0.05, 0.1) is 6.61 Å². The Kier molecular flexibility index (Phi) is 7.37. The topological polar surface area (TPSA) is 78.6 Å². The van der Waals surface area contributed by atoms with Crippen LogP contribution in [0.2, 0.25) is 0 Å². The molecular formula is C9H21N3O2. The molecule has 0 radical (unpaired) electrons. The van der Waals surface area contributed by atoms with Gasteiger partial charge >= 0.3 is 0 Å². The molecule has 0 bridgehead atoms. The van der Waals surface area contributed by atoms with E-state index in [1.165, 1.54) is 0 Å². The van der Waals surface area contributed by atoms with Crippen LogP contribution in [0.1, 0.15) is 26.2 Å². The summed E-state index contributed by atoms with van der Waals surface area (Å²) in [5, 5.41) is 8.87. The van der Waals surface area contributed by atoms with E-state index in [-0.39, 0.29) is 18.6 Å². The lowest BCUT2D eigenvalue weighted by Crippen LogP contribution is -2.33. The van der Waals surface area contributed by atoms with E-state index in [9.17, 15) is 4.79 Å². The zero-order valence-corrected chi connectivity index (χ0v) is 8.99. The number of rotatable bonds is 7. The molecule has 0 aliphatic rings. The van der Waals surface area contributed by atoms with Crippen molar-refractivity contribution in [2.75, 3.05) is 20.2 Å². The smallest absolute Gasteiger partial charge is 0.233 e. The molecule has 1 atom stereocenters. The van der Waals surface area contributed by atoms with Crippen molar-refractivity contribution < 1.29 is 9.90 Å². The number of carbonyl (C=O) groups is 1. The van der Waals surface area contributed by atoms with Gasteiger partial charge in [-0.3, -0.25) is 10.2 Å². The summed E-state index contributed by atoms with van der Waals surface area (Å²) in [5.74, 6) is 4.82. The zero-order valence-electron chi connectivity index (χ0n) is 8.99. The first-order valence-corrected chi connectivity index (χ1v) is 4.92. The summed E-state index contributed by atoms with van der Waals surface area (Å²) < 4.78 is 0. The molecule has 0 fully saturated rings. The van der Waals surface area contributed by atoms with Gasteiger partial charge in [0.1, 0.15) is 0 Å². The predicted molar refractivity (Wildman–Crippen MR) is 55.4 cm³/mol. The predicted octanol–water partition coefficient (Wildman–Crippen LogP) is -0.541. The first kappa shape index (κ1) is 13.4. The second kappa shape index (κ2) is 7.73. The fraction of sp³-hybridized carbons (Fsp3) is 0.889. The summed E-state index contributed by atoms with van der Waals surface area (Å²) in [7, 11) is 1.96. The molecule has 5 nitrogen and oxygen atoms in total. The third kappa shape index (κ3) is 5.90. The van der Waals surface area contributed by atoms with Gasteiger partial charge in [-0.1, -0.05) is 0 Å². The van der Waals surface area contributed by atoms with Crippen molar-refractivity contribution in [2.45, 2.75) is 32.2 Å². The van der Waals surface area contributed by atoms with Crippen molar-refractivity contribution in [1.82, 2.24) is 10.3 Å². The molecule has 5 heteroatoms. The van der Waals surface area contributed by atoms with E-state index in [1.807, 2.05) is 14.0 Å². The summed E-state index contributed by atoms with van der Waals surface area (Å²) in [6, 6.07) is 0.179. The lowest BCUT2D eigenvalue weighted by Gasteiger charge is -2.22. The zero-order chi connectivity index (χ0) is 11.0. The molecule has 0 saturated heterocycles. The lowest BCUT2D eigenvalue weighted by atomic mass is 10.2. The third-order valence-corrected chi connectivity index (χ3v) is 2.34. The van der Waals surface area contributed by atoms with Crippen molar-refractivity contribution in [3.8, 4) is 0 Å². The van der Waals surface area contributed by atoms with E-state index in [4.69, 9.17) is 10.9 Å².